The highest BCUT2D eigenvalue weighted by Crippen LogP contribution is 2.35. The van der Waals surface area contributed by atoms with Crippen molar-refractivity contribution in [3.8, 4) is 16.6 Å². The summed E-state index contributed by atoms with van der Waals surface area (Å²) < 4.78 is 39.6. The van der Waals surface area contributed by atoms with Gasteiger partial charge < -0.3 is 0 Å². The third kappa shape index (κ3) is 2.26. The molecule has 0 unspecified atom stereocenters. The van der Waals surface area contributed by atoms with Crippen LogP contribution >= 0.6 is 22.9 Å². The first kappa shape index (κ1) is 13.9. The predicted molar refractivity (Wildman–Crippen MR) is 73.2 cm³/mol. The summed E-state index contributed by atoms with van der Waals surface area (Å²) in [6.07, 6.45) is -3.71. The summed E-state index contributed by atoms with van der Waals surface area (Å²) in [6.45, 7) is 0. The van der Waals surface area contributed by atoms with Gasteiger partial charge >= 0.3 is 6.18 Å². The van der Waals surface area contributed by atoms with Crippen LogP contribution in [0.5, 0.6) is 0 Å². The molecule has 0 atom stereocenters. The number of hydrogen-bond donors (Lipinski definition) is 0. The van der Waals surface area contributed by atoms with Gasteiger partial charge in [0.15, 0.2) is 11.3 Å². The molecule has 3 rings (SSSR count). The van der Waals surface area contributed by atoms with Gasteiger partial charge in [-0.2, -0.15) is 18.4 Å². The minimum atomic E-state index is -4.54. The van der Waals surface area contributed by atoms with E-state index < -0.39 is 11.7 Å². The van der Waals surface area contributed by atoms with Crippen LogP contribution < -0.4 is 0 Å². The van der Waals surface area contributed by atoms with Gasteiger partial charge in [-0.1, -0.05) is 17.7 Å². The number of pyridine rings is 1. The molecule has 0 aliphatic heterocycles. The van der Waals surface area contributed by atoms with Crippen molar-refractivity contribution in [1.82, 2.24) is 9.38 Å². The Morgan fingerprint density at radius 3 is 2.71 bits per heavy atom. The number of fused-ring (bicyclic) bond motifs is 1. The van der Waals surface area contributed by atoms with Crippen molar-refractivity contribution in [2.24, 2.45) is 0 Å². The second-order valence-corrected chi connectivity index (χ2v) is 5.52. The van der Waals surface area contributed by atoms with Crippen LogP contribution in [0.1, 0.15) is 11.3 Å². The van der Waals surface area contributed by atoms with Crippen LogP contribution in [0, 0.1) is 11.3 Å². The Kier molecular flexibility index (Phi) is 3.15. The Morgan fingerprint density at radius 2 is 2.14 bits per heavy atom. The molecule has 3 aromatic rings. The average molecular weight is 328 g/mol. The first-order valence-electron chi connectivity index (χ1n) is 5.64. The monoisotopic (exact) mass is 327 g/mol. The molecule has 0 N–H and O–H groups in total. The molecule has 0 aliphatic carbocycles. The summed E-state index contributed by atoms with van der Waals surface area (Å²) >= 11 is 7.23. The molecule has 3 aromatic heterocycles. The molecule has 0 amide bonds. The topological polar surface area (TPSA) is 41.1 Å². The lowest BCUT2D eigenvalue weighted by Gasteiger charge is -2.08. The van der Waals surface area contributed by atoms with Gasteiger partial charge in [0.05, 0.1) is 15.5 Å². The molecule has 0 spiro atoms. The zero-order chi connectivity index (χ0) is 15.2. The number of rotatable bonds is 1. The number of nitriles is 1. The Morgan fingerprint density at radius 1 is 1.38 bits per heavy atom. The molecule has 0 bridgehead atoms. The molecule has 3 nitrogen and oxygen atoms in total. The standard InChI is InChI=1S/C13H5ClF3N3S/c14-8-4-7(13(15,16)17)6-20-9(5-18)11(19-12(8)20)10-2-1-3-21-10/h1-4,6H. The van der Waals surface area contributed by atoms with Gasteiger partial charge in [0, 0.05) is 6.20 Å². The zero-order valence-electron chi connectivity index (χ0n) is 10.1. The first-order valence-corrected chi connectivity index (χ1v) is 6.90. The Labute approximate surface area is 125 Å². The van der Waals surface area contributed by atoms with Crippen LogP contribution in [0.2, 0.25) is 5.02 Å². The fourth-order valence-corrected chi connectivity index (χ4v) is 2.92. The van der Waals surface area contributed by atoms with E-state index in [1.807, 2.05) is 6.07 Å². The lowest BCUT2D eigenvalue weighted by atomic mass is 10.2. The largest absolute Gasteiger partial charge is 0.417 e. The third-order valence-corrected chi connectivity index (χ3v) is 4.02. The summed E-state index contributed by atoms with van der Waals surface area (Å²) in [5, 5.41) is 10.9. The second-order valence-electron chi connectivity index (χ2n) is 4.17. The number of hydrogen-bond acceptors (Lipinski definition) is 3. The number of imidazole rings is 1. The maximum Gasteiger partial charge on any atom is 0.417 e. The van der Waals surface area contributed by atoms with Crippen LogP contribution in [-0.4, -0.2) is 9.38 Å². The van der Waals surface area contributed by atoms with Gasteiger partial charge in [-0.3, -0.25) is 4.40 Å². The maximum atomic E-state index is 12.8. The Bertz CT molecular complexity index is 860. The summed E-state index contributed by atoms with van der Waals surface area (Å²) in [5.41, 5.74) is -0.439. The minimum Gasteiger partial charge on any atom is -0.289 e. The first-order chi connectivity index (χ1) is 9.91. The van der Waals surface area contributed by atoms with E-state index in [1.165, 1.54) is 11.3 Å². The molecule has 0 aromatic carbocycles. The Hall–Kier alpha value is -2.04. The lowest BCUT2D eigenvalue weighted by Crippen LogP contribution is -2.07. The fourth-order valence-electron chi connectivity index (χ4n) is 1.95. The third-order valence-electron chi connectivity index (χ3n) is 2.86. The highest BCUT2D eigenvalue weighted by Gasteiger charge is 2.32. The van der Waals surface area contributed by atoms with E-state index in [2.05, 4.69) is 4.98 Å². The highest BCUT2D eigenvalue weighted by molar-refractivity contribution is 7.13. The molecule has 0 fully saturated rings. The van der Waals surface area contributed by atoms with Crippen molar-refractivity contribution in [1.29, 1.82) is 5.26 Å². The number of aromatic nitrogens is 2. The van der Waals surface area contributed by atoms with Gasteiger partial charge in [-0.25, -0.2) is 4.98 Å². The molecular formula is C13H5ClF3N3S. The van der Waals surface area contributed by atoms with E-state index in [-0.39, 0.29) is 16.4 Å². The molecule has 0 aliphatic rings. The van der Waals surface area contributed by atoms with E-state index in [0.717, 1.165) is 16.7 Å². The van der Waals surface area contributed by atoms with E-state index in [9.17, 15) is 18.4 Å². The molecule has 21 heavy (non-hydrogen) atoms. The summed E-state index contributed by atoms with van der Waals surface area (Å²) in [4.78, 5) is 4.89. The van der Waals surface area contributed by atoms with Crippen LogP contribution in [-0.2, 0) is 6.18 Å². The number of alkyl halides is 3. The van der Waals surface area contributed by atoms with Crippen molar-refractivity contribution in [2.45, 2.75) is 6.18 Å². The smallest absolute Gasteiger partial charge is 0.289 e. The van der Waals surface area contributed by atoms with E-state index in [4.69, 9.17) is 11.6 Å². The SMILES string of the molecule is N#Cc1c(-c2cccs2)nc2c(Cl)cc(C(F)(F)F)cn12. The van der Waals surface area contributed by atoms with Gasteiger partial charge in [-0.15, -0.1) is 11.3 Å². The van der Waals surface area contributed by atoms with Gasteiger partial charge in [0.1, 0.15) is 11.8 Å². The van der Waals surface area contributed by atoms with Gasteiger partial charge in [0.25, 0.3) is 0 Å². The van der Waals surface area contributed by atoms with Crippen molar-refractivity contribution in [2.75, 3.05) is 0 Å². The fraction of sp³-hybridized carbons (Fsp3) is 0.0769. The molecule has 8 heteroatoms. The van der Waals surface area contributed by atoms with Crippen LogP contribution in [0.25, 0.3) is 16.2 Å². The van der Waals surface area contributed by atoms with Crippen molar-refractivity contribution >= 4 is 28.6 Å². The second kappa shape index (κ2) is 4.76. The molecule has 0 radical (unpaired) electrons. The maximum absolute atomic E-state index is 12.8. The predicted octanol–water partition coefficient (Wildman–Crippen LogP) is 4.61. The molecular weight excluding hydrogens is 323 g/mol. The normalized spacial score (nSPS) is 11.8. The van der Waals surface area contributed by atoms with E-state index >= 15 is 0 Å². The number of thiophene rings is 1. The van der Waals surface area contributed by atoms with E-state index in [0.29, 0.717) is 10.6 Å². The quantitative estimate of drug-likeness (QED) is 0.655. The zero-order valence-corrected chi connectivity index (χ0v) is 11.7. The van der Waals surface area contributed by atoms with Crippen molar-refractivity contribution in [3.63, 3.8) is 0 Å². The Balaban J connectivity index is 2.36. The van der Waals surface area contributed by atoms with E-state index in [1.54, 1.807) is 17.5 Å². The molecule has 0 saturated carbocycles. The highest BCUT2D eigenvalue weighted by atomic mass is 35.5. The van der Waals surface area contributed by atoms with Crippen molar-refractivity contribution in [3.05, 3.63) is 46.1 Å². The summed E-state index contributed by atoms with van der Waals surface area (Å²) in [7, 11) is 0. The lowest BCUT2D eigenvalue weighted by molar-refractivity contribution is -0.137. The van der Waals surface area contributed by atoms with Crippen molar-refractivity contribution < 1.29 is 13.2 Å². The van der Waals surface area contributed by atoms with Crippen LogP contribution in [0.4, 0.5) is 13.2 Å². The molecule has 106 valence electrons. The molecule has 3 heterocycles. The average Bonchev–Trinajstić information content (AvgIpc) is 3.03. The van der Waals surface area contributed by atoms with Crippen LogP contribution in [0.15, 0.2) is 29.8 Å². The minimum absolute atomic E-state index is 0.0282. The summed E-state index contributed by atoms with van der Waals surface area (Å²) in [5.74, 6) is 0. The summed E-state index contributed by atoms with van der Waals surface area (Å²) in [6, 6.07) is 6.22. The number of nitrogens with zero attached hydrogens (tertiary/aromatic N) is 3. The van der Waals surface area contributed by atoms with Gasteiger partial charge in [-0.05, 0) is 17.5 Å². The van der Waals surface area contributed by atoms with Gasteiger partial charge in [0.2, 0.25) is 0 Å². The molecule has 0 saturated heterocycles. The number of halogens is 4. The van der Waals surface area contributed by atoms with Crippen LogP contribution in [0.3, 0.4) is 0 Å².